The number of likely N-dealkylation sites (tertiary alicyclic amines) is 1. The number of nitrogens with zero attached hydrogens (tertiary/aromatic N) is 1. The third-order valence-electron chi connectivity index (χ3n) is 13.1. The molecule has 0 spiro atoms. The SMILES string of the molecule is C=CCNC(=O)C(=O)[C@H](CC1CC1)NC(=O)[C@@H]1[C@@H]2C(CN1C(=O)[C@@H](NC(=O)NC1(CS(=O)(=O)C(C)(C)C)CCCCC1)C1(C)CCCCC1)C2(C)C. The van der Waals surface area contributed by atoms with Crippen molar-refractivity contribution in [3.63, 3.8) is 0 Å². The maximum Gasteiger partial charge on any atom is 0.315 e. The summed E-state index contributed by atoms with van der Waals surface area (Å²) in [5.41, 5.74) is -1.73. The molecular formula is C39H63N5O7S. The van der Waals surface area contributed by atoms with Gasteiger partial charge in [-0.05, 0) is 81.5 Å². The number of fused-ring (bicyclic) bond motifs is 1. The molecule has 0 aromatic carbocycles. The number of Topliss-reactive ketones (excluding diaryl/α,β-unsaturated/α-hetero) is 1. The van der Waals surface area contributed by atoms with E-state index in [1.54, 1.807) is 25.7 Å². The van der Waals surface area contributed by atoms with E-state index < -0.39 is 67.3 Å². The number of urea groups is 1. The van der Waals surface area contributed by atoms with Crippen LogP contribution in [0.3, 0.4) is 0 Å². The standard InChI is InChI=1S/C39H63N5O7S/c1-8-21-40-33(47)30(45)27(22-25-15-16-25)41-32(46)29-28-26(37(28,5)6)23-44(29)34(48)31(38(7)17-11-9-12-18-38)42-35(49)43-39(19-13-10-14-20-39)24-52(50,51)36(2,3)4/h8,25-29,31H,1,9-24H2,2-7H3,(H,40,47)(H,41,46)(H2,42,43,49)/t26?,27-,28-,29-,31+/m0/s1. The Hall–Kier alpha value is -2.96. The normalized spacial score (nSPS) is 27.3. The molecule has 0 radical (unpaired) electrons. The first-order chi connectivity index (χ1) is 24.3. The molecule has 5 fully saturated rings. The molecule has 1 aliphatic heterocycles. The minimum atomic E-state index is -3.57. The van der Waals surface area contributed by atoms with Gasteiger partial charge >= 0.3 is 6.03 Å². The fourth-order valence-electron chi connectivity index (χ4n) is 9.27. The lowest BCUT2D eigenvalue weighted by molar-refractivity contribution is -0.146. The number of ketones is 1. The van der Waals surface area contributed by atoms with Crippen LogP contribution in [0.15, 0.2) is 12.7 Å². The Morgan fingerprint density at radius 1 is 0.904 bits per heavy atom. The fraction of sp³-hybridized carbons (Fsp3) is 0.821. The van der Waals surface area contributed by atoms with Crippen molar-refractivity contribution in [1.29, 1.82) is 0 Å². The molecule has 1 unspecified atom stereocenters. The van der Waals surface area contributed by atoms with Crippen LogP contribution in [-0.2, 0) is 29.0 Å². The van der Waals surface area contributed by atoms with E-state index in [4.69, 9.17) is 0 Å². The summed E-state index contributed by atoms with van der Waals surface area (Å²) in [6, 6.07) is -3.38. The number of sulfone groups is 1. The van der Waals surface area contributed by atoms with E-state index >= 15 is 0 Å². The second-order valence-electron chi connectivity index (χ2n) is 18.5. The number of hydrogen-bond donors (Lipinski definition) is 4. The predicted octanol–water partition coefficient (Wildman–Crippen LogP) is 4.18. The minimum absolute atomic E-state index is 0.0717. The summed E-state index contributed by atoms with van der Waals surface area (Å²) in [5.74, 6) is -2.26. The summed E-state index contributed by atoms with van der Waals surface area (Å²) in [6.07, 6.45) is 11.6. The zero-order valence-electron chi connectivity index (χ0n) is 32.3. The molecule has 1 saturated heterocycles. The van der Waals surface area contributed by atoms with Crippen LogP contribution < -0.4 is 21.3 Å². The van der Waals surface area contributed by atoms with Gasteiger partial charge in [-0.3, -0.25) is 19.2 Å². The van der Waals surface area contributed by atoms with Gasteiger partial charge in [0.05, 0.1) is 22.1 Å². The van der Waals surface area contributed by atoms with E-state index in [1.165, 1.54) is 6.08 Å². The van der Waals surface area contributed by atoms with E-state index in [1.807, 2.05) is 6.92 Å². The molecule has 5 amide bonds. The zero-order valence-corrected chi connectivity index (χ0v) is 33.1. The van der Waals surface area contributed by atoms with E-state index in [-0.39, 0.29) is 41.4 Å². The van der Waals surface area contributed by atoms with Gasteiger partial charge < -0.3 is 26.2 Å². The Kier molecular flexibility index (Phi) is 11.6. The van der Waals surface area contributed by atoms with Gasteiger partial charge in [0.2, 0.25) is 17.6 Å². The first-order valence-electron chi connectivity index (χ1n) is 19.6. The van der Waals surface area contributed by atoms with E-state index in [2.05, 4.69) is 41.7 Å². The highest BCUT2D eigenvalue weighted by Gasteiger charge is 2.70. The van der Waals surface area contributed by atoms with Gasteiger partial charge in [0.25, 0.3) is 5.91 Å². The molecule has 52 heavy (non-hydrogen) atoms. The number of rotatable bonds is 14. The fourth-order valence-corrected chi connectivity index (χ4v) is 10.8. The second kappa shape index (κ2) is 15.1. The minimum Gasteiger partial charge on any atom is -0.346 e. The number of carbonyl (C=O) groups is 5. The lowest BCUT2D eigenvalue weighted by Gasteiger charge is -2.44. The van der Waals surface area contributed by atoms with Crippen LogP contribution in [0.25, 0.3) is 0 Å². The highest BCUT2D eigenvalue weighted by molar-refractivity contribution is 7.92. The Labute approximate surface area is 310 Å². The van der Waals surface area contributed by atoms with Crippen LogP contribution in [0, 0.1) is 28.6 Å². The number of nitrogens with one attached hydrogen (secondary N) is 4. The van der Waals surface area contributed by atoms with E-state index in [0.29, 0.717) is 38.6 Å². The Balaban J connectivity index is 1.40. The summed E-state index contributed by atoms with van der Waals surface area (Å²) in [5, 5.41) is 11.6. The van der Waals surface area contributed by atoms with Gasteiger partial charge in [-0.15, -0.1) is 6.58 Å². The molecule has 4 saturated carbocycles. The molecule has 5 rings (SSSR count). The lowest BCUT2D eigenvalue weighted by atomic mass is 9.70. The van der Waals surface area contributed by atoms with E-state index in [0.717, 1.165) is 51.4 Å². The maximum atomic E-state index is 14.9. The summed E-state index contributed by atoms with van der Waals surface area (Å²) in [6.45, 7) is 15.3. The van der Waals surface area contributed by atoms with Gasteiger partial charge in [-0.25, -0.2) is 13.2 Å². The number of amides is 5. The largest absolute Gasteiger partial charge is 0.346 e. The average Bonchev–Trinajstić information content (AvgIpc) is 3.92. The molecule has 4 N–H and O–H groups in total. The van der Waals surface area contributed by atoms with Crippen LogP contribution >= 0.6 is 0 Å². The van der Waals surface area contributed by atoms with Gasteiger partial charge in [0.15, 0.2) is 9.84 Å². The molecule has 4 aliphatic carbocycles. The quantitative estimate of drug-likeness (QED) is 0.153. The van der Waals surface area contributed by atoms with Crippen molar-refractivity contribution in [1.82, 2.24) is 26.2 Å². The topological polar surface area (TPSA) is 171 Å². The Bertz CT molecular complexity index is 1520. The molecule has 1 heterocycles. The smallest absolute Gasteiger partial charge is 0.315 e. The molecule has 5 aliphatic rings. The van der Waals surface area contributed by atoms with Crippen molar-refractivity contribution in [2.45, 2.75) is 153 Å². The van der Waals surface area contributed by atoms with Gasteiger partial charge in [-0.1, -0.05) is 78.2 Å². The van der Waals surface area contributed by atoms with Crippen LogP contribution in [0.5, 0.6) is 0 Å². The van der Waals surface area contributed by atoms with Crippen molar-refractivity contribution in [2.75, 3.05) is 18.8 Å². The van der Waals surface area contributed by atoms with Gasteiger partial charge in [0.1, 0.15) is 12.1 Å². The van der Waals surface area contributed by atoms with Crippen molar-refractivity contribution in [3.05, 3.63) is 12.7 Å². The summed E-state index contributed by atoms with van der Waals surface area (Å²) in [7, 11) is -3.57. The van der Waals surface area contributed by atoms with Crippen molar-refractivity contribution in [2.24, 2.45) is 28.6 Å². The highest BCUT2D eigenvalue weighted by atomic mass is 32.2. The summed E-state index contributed by atoms with van der Waals surface area (Å²) in [4.78, 5) is 70.9. The third-order valence-corrected chi connectivity index (χ3v) is 15.9. The molecule has 0 bridgehead atoms. The second-order valence-corrected chi connectivity index (χ2v) is 21.2. The third kappa shape index (κ3) is 8.54. The van der Waals surface area contributed by atoms with Gasteiger partial charge in [-0.2, -0.15) is 0 Å². The molecule has 0 aromatic rings. The first kappa shape index (κ1) is 40.2. The molecule has 12 nitrogen and oxygen atoms in total. The van der Waals surface area contributed by atoms with Crippen LogP contribution in [-0.4, -0.2) is 90.1 Å². The molecular weight excluding hydrogens is 683 g/mol. The van der Waals surface area contributed by atoms with E-state index in [9.17, 15) is 32.4 Å². The average molecular weight is 746 g/mol. The lowest BCUT2D eigenvalue weighted by Crippen LogP contribution is -2.65. The zero-order chi connectivity index (χ0) is 38.3. The summed E-state index contributed by atoms with van der Waals surface area (Å²) < 4.78 is 25.9. The Morgan fingerprint density at radius 3 is 2.06 bits per heavy atom. The molecule has 5 atom stereocenters. The van der Waals surface area contributed by atoms with Crippen molar-refractivity contribution < 1.29 is 32.4 Å². The molecule has 292 valence electrons. The number of carbonyl (C=O) groups excluding carboxylic acids is 5. The first-order valence-corrected chi connectivity index (χ1v) is 21.3. The van der Waals surface area contributed by atoms with Crippen molar-refractivity contribution in [3.8, 4) is 0 Å². The number of piperidine rings is 1. The van der Waals surface area contributed by atoms with Gasteiger partial charge in [0, 0.05) is 13.1 Å². The van der Waals surface area contributed by atoms with Crippen LogP contribution in [0.4, 0.5) is 4.79 Å². The van der Waals surface area contributed by atoms with Crippen molar-refractivity contribution >= 4 is 39.4 Å². The van der Waals surface area contributed by atoms with Crippen LogP contribution in [0.2, 0.25) is 0 Å². The molecule has 13 heteroatoms. The Morgan fingerprint density at radius 2 is 1.50 bits per heavy atom. The monoisotopic (exact) mass is 745 g/mol. The predicted molar refractivity (Wildman–Crippen MR) is 200 cm³/mol. The highest BCUT2D eigenvalue weighted by Crippen LogP contribution is 2.65. The van der Waals surface area contributed by atoms with Crippen LogP contribution in [0.1, 0.15) is 125 Å². The maximum absolute atomic E-state index is 14.9. The number of hydrogen-bond acceptors (Lipinski definition) is 7. The molecule has 0 aromatic heterocycles. The summed E-state index contributed by atoms with van der Waals surface area (Å²) >= 11 is 0.